The summed E-state index contributed by atoms with van der Waals surface area (Å²) in [7, 11) is 4.00. The van der Waals surface area contributed by atoms with Crippen LogP contribution in [0.25, 0.3) is 10.9 Å². The Morgan fingerprint density at radius 1 is 1.21 bits per heavy atom. The van der Waals surface area contributed by atoms with E-state index in [0.717, 1.165) is 6.07 Å². The molecule has 2 aromatic heterocycles. The van der Waals surface area contributed by atoms with E-state index in [1.807, 2.05) is 0 Å². The first-order valence-electron chi connectivity index (χ1n) is 11.9. The van der Waals surface area contributed by atoms with Crippen LogP contribution in [0.15, 0.2) is 24.9 Å². The molecule has 1 amide bonds. The molecule has 1 aromatic carbocycles. The van der Waals surface area contributed by atoms with Crippen molar-refractivity contribution in [2.45, 2.75) is 25.4 Å². The maximum Gasteiger partial charge on any atom is 0.246 e. The number of methoxy groups -OCH3 is 3. The van der Waals surface area contributed by atoms with E-state index >= 15 is 0 Å². The van der Waals surface area contributed by atoms with Gasteiger partial charge in [-0.05, 0) is 25.3 Å². The number of likely N-dealkylation sites (tertiary alicyclic amines) is 1. The van der Waals surface area contributed by atoms with Crippen molar-refractivity contribution < 1.29 is 32.6 Å². The lowest BCUT2D eigenvalue weighted by Crippen LogP contribution is -2.37. The van der Waals surface area contributed by atoms with Gasteiger partial charge >= 0.3 is 0 Å². The summed E-state index contributed by atoms with van der Waals surface area (Å²) in [5, 5.41) is 4.86. The molecular formula is C27H27F2N5O5. The van der Waals surface area contributed by atoms with Crippen LogP contribution in [0.2, 0.25) is 0 Å². The zero-order chi connectivity index (χ0) is 28.4. The molecule has 39 heavy (non-hydrogen) atoms. The molecule has 0 aliphatic carbocycles. The largest absolute Gasteiger partial charge is 0.493 e. The van der Waals surface area contributed by atoms with E-state index in [0.29, 0.717) is 11.9 Å². The highest BCUT2D eigenvalue weighted by atomic mass is 19.1. The van der Waals surface area contributed by atoms with E-state index in [1.165, 1.54) is 40.5 Å². The number of hydrogen-bond acceptors (Lipinski definition) is 8. The Bertz CT molecular complexity index is 1510. The summed E-state index contributed by atoms with van der Waals surface area (Å²) in [5.74, 6) is 2.09. The van der Waals surface area contributed by atoms with Gasteiger partial charge in [-0.25, -0.2) is 13.8 Å². The highest BCUT2D eigenvalue weighted by Crippen LogP contribution is 2.35. The second-order valence-electron chi connectivity index (χ2n) is 8.86. The molecular weight excluding hydrogens is 512 g/mol. The molecule has 0 bridgehead atoms. The van der Waals surface area contributed by atoms with Crippen molar-refractivity contribution in [2.24, 2.45) is 0 Å². The Morgan fingerprint density at radius 3 is 2.44 bits per heavy atom. The Labute approximate surface area is 223 Å². The van der Waals surface area contributed by atoms with Crippen LogP contribution in [-0.4, -0.2) is 71.9 Å². The Hall–Kier alpha value is -4.50. The molecule has 0 saturated carbocycles. The van der Waals surface area contributed by atoms with Gasteiger partial charge in [-0.3, -0.25) is 14.3 Å². The van der Waals surface area contributed by atoms with E-state index in [9.17, 15) is 18.4 Å². The third-order valence-corrected chi connectivity index (χ3v) is 6.57. The molecule has 4 rings (SSSR count). The average Bonchev–Trinajstić information content (AvgIpc) is 3.51. The van der Waals surface area contributed by atoms with E-state index < -0.39 is 23.2 Å². The van der Waals surface area contributed by atoms with Crippen LogP contribution in [0.4, 0.5) is 14.6 Å². The van der Waals surface area contributed by atoms with Crippen molar-refractivity contribution in [3.63, 3.8) is 0 Å². The van der Waals surface area contributed by atoms with Crippen LogP contribution < -0.4 is 15.2 Å². The first kappa shape index (κ1) is 27.5. The summed E-state index contributed by atoms with van der Waals surface area (Å²) in [5.41, 5.74) is 6.25. The first-order chi connectivity index (χ1) is 18.7. The number of benzene rings is 1. The molecule has 3 aromatic rings. The van der Waals surface area contributed by atoms with E-state index in [-0.39, 0.29) is 64.8 Å². The number of rotatable bonds is 7. The van der Waals surface area contributed by atoms with Crippen molar-refractivity contribution in [2.75, 3.05) is 40.2 Å². The molecule has 1 fully saturated rings. The van der Waals surface area contributed by atoms with Gasteiger partial charge in [0, 0.05) is 25.9 Å². The topological polar surface area (TPSA) is 122 Å². The summed E-state index contributed by atoms with van der Waals surface area (Å²) in [4.78, 5) is 30.8. The quantitative estimate of drug-likeness (QED) is 0.276. The zero-order valence-electron chi connectivity index (χ0n) is 21.9. The first-order valence-corrected chi connectivity index (χ1v) is 11.9. The number of Topliss-reactive ketones (excluding diaryl/α,β-unsaturated/α-hetero) is 1. The number of amides is 1. The molecule has 204 valence electrons. The fraction of sp³-hybridized carbons (Fsp3) is 0.333. The molecule has 1 saturated heterocycles. The van der Waals surface area contributed by atoms with Gasteiger partial charge in [-0.1, -0.05) is 12.5 Å². The van der Waals surface area contributed by atoms with Gasteiger partial charge in [0.2, 0.25) is 5.91 Å². The van der Waals surface area contributed by atoms with Gasteiger partial charge in [-0.2, -0.15) is 5.10 Å². The van der Waals surface area contributed by atoms with Gasteiger partial charge in [-0.15, -0.1) is 0 Å². The lowest BCUT2D eigenvalue weighted by Gasteiger charge is -2.22. The number of nitrogen functional groups attached to an aromatic ring is 1. The van der Waals surface area contributed by atoms with Gasteiger partial charge in [0.05, 0.1) is 49.4 Å². The smallest absolute Gasteiger partial charge is 0.246 e. The monoisotopic (exact) mass is 539 g/mol. The molecule has 0 radical (unpaired) electrons. The van der Waals surface area contributed by atoms with Crippen LogP contribution in [0, 0.1) is 23.5 Å². The predicted octanol–water partition coefficient (Wildman–Crippen LogP) is 2.89. The van der Waals surface area contributed by atoms with Crippen LogP contribution in [0.3, 0.4) is 0 Å². The second kappa shape index (κ2) is 11.1. The molecule has 2 N–H and O–H groups in total. The number of halogens is 2. The van der Waals surface area contributed by atoms with Crippen LogP contribution in [-0.2, 0) is 9.53 Å². The molecule has 1 aliphatic heterocycles. The number of anilines is 1. The van der Waals surface area contributed by atoms with Gasteiger partial charge in [0.1, 0.15) is 17.1 Å². The normalized spacial score (nSPS) is 16.6. The number of pyridine rings is 1. The number of aromatic nitrogens is 3. The van der Waals surface area contributed by atoms with Gasteiger partial charge in [0.25, 0.3) is 0 Å². The Morgan fingerprint density at radius 2 is 1.87 bits per heavy atom. The molecule has 10 nitrogen and oxygen atoms in total. The van der Waals surface area contributed by atoms with E-state index in [2.05, 4.69) is 28.5 Å². The average molecular weight is 540 g/mol. The van der Waals surface area contributed by atoms with Crippen molar-refractivity contribution in [3.8, 4) is 23.3 Å². The summed E-state index contributed by atoms with van der Waals surface area (Å²) in [6.07, 6.45) is 3.01. The van der Waals surface area contributed by atoms with E-state index in [4.69, 9.17) is 19.9 Å². The van der Waals surface area contributed by atoms with Crippen molar-refractivity contribution in [1.29, 1.82) is 0 Å². The summed E-state index contributed by atoms with van der Waals surface area (Å²) in [6.45, 7) is 5.47. The number of ketones is 1. The van der Waals surface area contributed by atoms with Gasteiger partial charge in [0.15, 0.2) is 28.9 Å². The highest BCUT2D eigenvalue weighted by molar-refractivity contribution is 6.09. The number of nitrogens with zero attached hydrogens (tertiary/aromatic N) is 4. The molecule has 12 heteroatoms. The predicted molar refractivity (Wildman–Crippen MR) is 139 cm³/mol. The van der Waals surface area contributed by atoms with Crippen LogP contribution >= 0.6 is 0 Å². The fourth-order valence-electron chi connectivity index (χ4n) is 4.73. The fourth-order valence-corrected chi connectivity index (χ4v) is 4.73. The minimum atomic E-state index is -1.01. The van der Waals surface area contributed by atoms with Gasteiger partial charge < -0.3 is 24.8 Å². The van der Waals surface area contributed by atoms with Crippen molar-refractivity contribution in [1.82, 2.24) is 19.7 Å². The van der Waals surface area contributed by atoms with Crippen molar-refractivity contribution >= 4 is 28.4 Å². The second-order valence-corrected chi connectivity index (χ2v) is 8.86. The maximum atomic E-state index is 14.9. The molecule has 3 heterocycles. The number of carbonyl (C=O) groups is 2. The third kappa shape index (κ3) is 4.88. The molecule has 2 atom stereocenters. The zero-order valence-corrected chi connectivity index (χ0v) is 21.9. The number of fused-ring (bicyclic) bond motifs is 1. The van der Waals surface area contributed by atoms with Crippen molar-refractivity contribution in [3.05, 3.63) is 53.4 Å². The maximum absolute atomic E-state index is 14.9. The van der Waals surface area contributed by atoms with E-state index in [1.54, 1.807) is 9.58 Å². The summed E-state index contributed by atoms with van der Waals surface area (Å²) in [6, 6.07) is 0.414. The lowest BCUT2D eigenvalue weighted by atomic mass is 10.1. The standard InChI is InChI=1S/C27H27F2N5O5/c1-6-22(36)33-12-15(9-16(33)13-37-3)34-26-18(14(2)35)11-31-27(30)23(26)19(32-34)8-7-17-24(28)20(38-4)10-21(39-5)25(17)29/h6,10-11,15-16H,1,9,12-13H2,2-5H3,(H2,30,31)/t15-,16+/m0/s1. The number of hydrogen-bond donors (Lipinski definition) is 1. The summed E-state index contributed by atoms with van der Waals surface area (Å²) < 4.78 is 46.7. The molecule has 0 unspecified atom stereocenters. The minimum absolute atomic E-state index is 0.0279. The van der Waals surface area contributed by atoms with Crippen LogP contribution in [0.5, 0.6) is 11.5 Å². The molecule has 1 aliphatic rings. The Balaban J connectivity index is 1.93. The lowest BCUT2D eigenvalue weighted by molar-refractivity contribution is -0.127. The Kier molecular flexibility index (Phi) is 7.83. The minimum Gasteiger partial charge on any atom is -0.493 e. The number of ether oxygens (including phenoxy) is 3. The third-order valence-electron chi connectivity index (χ3n) is 6.57. The molecule has 0 spiro atoms. The summed E-state index contributed by atoms with van der Waals surface area (Å²) >= 11 is 0. The SMILES string of the molecule is C=CC(=O)N1C[C@@H](n2nc(C#Cc3c(F)c(OC)cc(OC)c3F)c3c(N)ncc(C(C)=O)c32)C[C@@H]1COC. The number of nitrogens with two attached hydrogens (primary N) is 1. The number of carbonyl (C=O) groups excluding carboxylic acids is 2. The van der Waals surface area contributed by atoms with Crippen LogP contribution in [0.1, 0.15) is 41.0 Å². The highest BCUT2D eigenvalue weighted by Gasteiger charge is 2.37.